The first kappa shape index (κ1) is 19.5. The molecule has 2 atom stereocenters. The van der Waals surface area contributed by atoms with Crippen molar-refractivity contribution in [2.24, 2.45) is 5.92 Å². The minimum atomic E-state index is -4.48. The van der Waals surface area contributed by atoms with Gasteiger partial charge in [-0.3, -0.25) is 9.59 Å². The Balaban J connectivity index is 0.00000225. The third-order valence-corrected chi connectivity index (χ3v) is 4.46. The predicted molar refractivity (Wildman–Crippen MR) is 86.8 cm³/mol. The predicted octanol–water partition coefficient (Wildman–Crippen LogP) is 1.78. The minimum Gasteiger partial charge on any atom is -0.351 e. The van der Waals surface area contributed by atoms with Gasteiger partial charge in [0.1, 0.15) is 12.0 Å². The van der Waals surface area contributed by atoms with E-state index >= 15 is 0 Å². The monoisotopic (exact) mass is 377 g/mol. The highest BCUT2D eigenvalue weighted by atomic mass is 35.5. The Kier molecular flexibility index (Phi) is 5.95. The van der Waals surface area contributed by atoms with Gasteiger partial charge in [-0.05, 0) is 29.5 Å². The maximum Gasteiger partial charge on any atom is 0.408 e. The maximum absolute atomic E-state index is 12.6. The molecule has 2 amide bonds. The average Bonchev–Trinajstić information content (AvgIpc) is 2.99. The van der Waals surface area contributed by atoms with Crippen molar-refractivity contribution in [1.29, 1.82) is 0 Å². The lowest BCUT2D eigenvalue weighted by Crippen LogP contribution is -2.54. The number of carbonyl (C=O) groups is 2. The summed E-state index contributed by atoms with van der Waals surface area (Å²) in [6.45, 7) is 1.85. The van der Waals surface area contributed by atoms with Crippen molar-refractivity contribution >= 4 is 24.2 Å². The smallest absolute Gasteiger partial charge is 0.351 e. The van der Waals surface area contributed by atoms with Crippen molar-refractivity contribution in [3.63, 3.8) is 0 Å². The van der Waals surface area contributed by atoms with Crippen LogP contribution in [-0.4, -0.2) is 24.0 Å². The quantitative estimate of drug-likeness (QED) is 0.703. The molecule has 0 bridgehead atoms. The van der Waals surface area contributed by atoms with E-state index in [0.717, 1.165) is 18.7 Å². The Morgan fingerprint density at radius 2 is 1.92 bits per heavy atom. The molecule has 138 valence electrons. The summed E-state index contributed by atoms with van der Waals surface area (Å²) in [6.07, 6.45) is -4.86. The zero-order chi connectivity index (χ0) is 17.3. The van der Waals surface area contributed by atoms with E-state index in [2.05, 4.69) is 10.6 Å². The third kappa shape index (κ3) is 4.43. The number of carbonyl (C=O) groups excluding carboxylic acids is 2. The van der Waals surface area contributed by atoms with Crippen molar-refractivity contribution in [3.8, 4) is 0 Å². The fraction of sp³-hybridized carbons (Fsp3) is 0.500. The third-order valence-electron chi connectivity index (χ3n) is 4.46. The number of fused-ring (bicyclic) bond motifs is 1. The summed E-state index contributed by atoms with van der Waals surface area (Å²) >= 11 is 0. The van der Waals surface area contributed by atoms with Crippen LogP contribution in [0.2, 0.25) is 0 Å². The van der Waals surface area contributed by atoms with E-state index < -0.39 is 30.0 Å². The molecule has 2 heterocycles. The summed E-state index contributed by atoms with van der Waals surface area (Å²) in [5.41, 5.74) is 3.29. The molecule has 3 rings (SSSR count). The largest absolute Gasteiger partial charge is 0.408 e. The van der Waals surface area contributed by atoms with Gasteiger partial charge < -0.3 is 16.0 Å². The molecule has 5 nitrogen and oxygen atoms in total. The number of piperidine rings is 1. The molecular formula is C16H19ClF3N3O2. The summed E-state index contributed by atoms with van der Waals surface area (Å²) in [4.78, 5) is 23.9. The van der Waals surface area contributed by atoms with Gasteiger partial charge in [0.25, 0.3) is 0 Å². The fourth-order valence-electron chi connectivity index (χ4n) is 3.08. The first-order valence-electron chi connectivity index (χ1n) is 7.81. The van der Waals surface area contributed by atoms with Crippen LogP contribution in [0.15, 0.2) is 18.2 Å². The van der Waals surface area contributed by atoms with Gasteiger partial charge in [0, 0.05) is 19.6 Å². The molecule has 0 aromatic heterocycles. The number of hydrogen-bond donors (Lipinski definition) is 3. The van der Waals surface area contributed by atoms with E-state index in [9.17, 15) is 22.8 Å². The maximum atomic E-state index is 12.6. The molecule has 25 heavy (non-hydrogen) atoms. The van der Waals surface area contributed by atoms with Crippen molar-refractivity contribution in [2.75, 3.05) is 0 Å². The number of amides is 2. The SMILES string of the molecule is Cl.O=C(NCc1ccc2c(c1)CNC2)C1CCC(C(F)(F)F)NC1=O. The normalized spacial score (nSPS) is 22.6. The molecule has 0 aliphatic carbocycles. The highest BCUT2D eigenvalue weighted by molar-refractivity contribution is 6.00. The lowest BCUT2D eigenvalue weighted by molar-refractivity contribution is -0.171. The van der Waals surface area contributed by atoms with Crippen molar-refractivity contribution in [1.82, 2.24) is 16.0 Å². The first-order valence-corrected chi connectivity index (χ1v) is 7.81. The molecule has 0 spiro atoms. The summed E-state index contributed by atoms with van der Waals surface area (Å²) in [7, 11) is 0. The number of benzene rings is 1. The van der Waals surface area contributed by atoms with E-state index in [1.165, 1.54) is 11.1 Å². The Hall–Kier alpha value is -1.80. The standard InChI is InChI=1S/C16H18F3N3O2.ClH/c17-16(18,19)13-4-3-12(15(24)22-13)14(23)21-6-9-1-2-10-7-20-8-11(10)5-9;/h1-2,5,12-13,20H,3-4,6-8H2,(H,21,23)(H,22,24);1H. The second-order valence-electron chi connectivity index (χ2n) is 6.16. The Morgan fingerprint density at radius 3 is 2.60 bits per heavy atom. The zero-order valence-corrected chi connectivity index (χ0v) is 14.1. The van der Waals surface area contributed by atoms with Crippen LogP contribution in [0.25, 0.3) is 0 Å². The van der Waals surface area contributed by atoms with E-state index in [1.807, 2.05) is 23.5 Å². The Labute approximate surface area is 149 Å². The van der Waals surface area contributed by atoms with E-state index in [1.54, 1.807) is 0 Å². The Morgan fingerprint density at radius 1 is 1.20 bits per heavy atom. The lowest BCUT2D eigenvalue weighted by atomic mass is 9.92. The van der Waals surface area contributed by atoms with Crippen molar-refractivity contribution in [2.45, 2.75) is 44.7 Å². The minimum absolute atomic E-state index is 0. The summed E-state index contributed by atoms with van der Waals surface area (Å²) < 4.78 is 37.8. The lowest BCUT2D eigenvalue weighted by Gasteiger charge is -2.29. The van der Waals surface area contributed by atoms with Gasteiger partial charge in [-0.25, -0.2) is 0 Å². The molecule has 3 N–H and O–H groups in total. The second-order valence-corrected chi connectivity index (χ2v) is 6.16. The van der Waals surface area contributed by atoms with Crippen LogP contribution < -0.4 is 16.0 Å². The number of halogens is 4. The average molecular weight is 378 g/mol. The van der Waals surface area contributed by atoms with Crippen LogP contribution in [0.5, 0.6) is 0 Å². The molecule has 2 aliphatic heterocycles. The molecule has 1 aromatic rings. The topological polar surface area (TPSA) is 70.2 Å². The summed E-state index contributed by atoms with van der Waals surface area (Å²) in [5, 5.41) is 7.75. The Bertz CT molecular complexity index is 667. The molecule has 1 aromatic carbocycles. The molecule has 0 radical (unpaired) electrons. The van der Waals surface area contributed by atoms with Crippen molar-refractivity contribution < 1.29 is 22.8 Å². The van der Waals surface area contributed by atoms with Crippen LogP contribution in [-0.2, 0) is 29.2 Å². The molecule has 1 saturated heterocycles. The van der Waals surface area contributed by atoms with Gasteiger partial charge in [-0.15, -0.1) is 12.4 Å². The molecule has 2 unspecified atom stereocenters. The molecule has 9 heteroatoms. The second kappa shape index (κ2) is 7.61. The fourth-order valence-corrected chi connectivity index (χ4v) is 3.08. The zero-order valence-electron chi connectivity index (χ0n) is 13.3. The molecule has 1 fully saturated rings. The molecule has 2 aliphatic rings. The number of hydrogen-bond acceptors (Lipinski definition) is 3. The number of alkyl halides is 3. The van der Waals surface area contributed by atoms with E-state index in [0.29, 0.717) is 0 Å². The highest BCUT2D eigenvalue weighted by Gasteiger charge is 2.45. The summed E-state index contributed by atoms with van der Waals surface area (Å²) in [5.74, 6) is -2.47. The van der Waals surface area contributed by atoms with E-state index in [4.69, 9.17) is 0 Å². The van der Waals surface area contributed by atoms with Crippen LogP contribution in [0.3, 0.4) is 0 Å². The van der Waals surface area contributed by atoms with Gasteiger partial charge in [0.15, 0.2) is 0 Å². The van der Waals surface area contributed by atoms with Gasteiger partial charge >= 0.3 is 6.18 Å². The highest BCUT2D eigenvalue weighted by Crippen LogP contribution is 2.28. The molecular weight excluding hydrogens is 359 g/mol. The molecule has 0 saturated carbocycles. The van der Waals surface area contributed by atoms with Crippen LogP contribution in [0, 0.1) is 5.92 Å². The number of nitrogens with one attached hydrogen (secondary N) is 3. The van der Waals surface area contributed by atoms with Gasteiger partial charge in [0.2, 0.25) is 11.8 Å². The van der Waals surface area contributed by atoms with Gasteiger partial charge in [-0.2, -0.15) is 13.2 Å². The van der Waals surface area contributed by atoms with Gasteiger partial charge in [0.05, 0.1) is 0 Å². The summed E-state index contributed by atoms with van der Waals surface area (Å²) in [6, 6.07) is 4.00. The van der Waals surface area contributed by atoms with Crippen LogP contribution in [0.4, 0.5) is 13.2 Å². The van der Waals surface area contributed by atoms with E-state index in [-0.39, 0.29) is 31.8 Å². The van der Waals surface area contributed by atoms with Crippen molar-refractivity contribution in [3.05, 3.63) is 34.9 Å². The number of rotatable bonds is 3. The van der Waals surface area contributed by atoms with Gasteiger partial charge in [-0.1, -0.05) is 18.2 Å². The first-order chi connectivity index (χ1) is 11.3. The van der Waals surface area contributed by atoms with Crippen LogP contribution >= 0.6 is 12.4 Å². The van der Waals surface area contributed by atoms with Crippen LogP contribution in [0.1, 0.15) is 29.5 Å².